The SMILES string of the molecule is O=CNc1ccc(Br)cc1-c1ccccc1. The topological polar surface area (TPSA) is 29.1 Å². The monoisotopic (exact) mass is 275 g/mol. The molecule has 0 aliphatic rings. The third-order valence-corrected chi connectivity index (χ3v) is 2.77. The Morgan fingerprint density at radius 2 is 1.81 bits per heavy atom. The zero-order chi connectivity index (χ0) is 11.4. The number of rotatable bonds is 3. The lowest BCUT2D eigenvalue weighted by atomic mass is 10.0. The van der Waals surface area contributed by atoms with E-state index in [2.05, 4.69) is 21.2 Å². The first-order valence-electron chi connectivity index (χ1n) is 4.86. The van der Waals surface area contributed by atoms with Crippen LogP contribution >= 0.6 is 15.9 Å². The van der Waals surface area contributed by atoms with E-state index in [-0.39, 0.29) is 0 Å². The highest BCUT2D eigenvalue weighted by Crippen LogP contribution is 2.30. The molecule has 1 N–H and O–H groups in total. The minimum absolute atomic E-state index is 0.690. The van der Waals surface area contributed by atoms with Gasteiger partial charge in [0, 0.05) is 15.7 Å². The Kier molecular flexibility index (Phi) is 3.37. The maximum atomic E-state index is 10.5. The largest absolute Gasteiger partial charge is 0.328 e. The maximum absolute atomic E-state index is 10.5. The third kappa shape index (κ3) is 2.31. The fourth-order valence-electron chi connectivity index (χ4n) is 1.56. The van der Waals surface area contributed by atoms with Gasteiger partial charge in [-0.3, -0.25) is 4.79 Å². The molecule has 0 heterocycles. The standard InChI is InChI=1S/C13H10BrNO/c14-11-6-7-13(15-9-16)12(8-11)10-4-2-1-3-5-10/h1-9H,(H,15,16). The van der Waals surface area contributed by atoms with E-state index in [9.17, 15) is 4.79 Å². The fraction of sp³-hybridized carbons (Fsp3) is 0. The summed E-state index contributed by atoms with van der Waals surface area (Å²) in [6.07, 6.45) is 0.690. The molecule has 0 aliphatic carbocycles. The van der Waals surface area contributed by atoms with Crippen LogP contribution in [0.2, 0.25) is 0 Å². The second-order valence-electron chi connectivity index (χ2n) is 3.32. The lowest BCUT2D eigenvalue weighted by Gasteiger charge is -2.08. The number of carbonyl (C=O) groups is 1. The van der Waals surface area contributed by atoms with Crippen LogP contribution in [-0.4, -0.2) is 6.41 Å². The predicted molar refractivity (Wildman–Crippen MR) is 69.3 cm³/mol. The van der Waals surface area contributed by atoms with Crippen LogP contribution in [-0.2, 0) is 4.79 Å². The molecule has 16 heavy (non-hydrogen) atoms. The van der Waals surface area contributed by atoms with Gasteiger partial charge >= 0.3 is 0 Å². The van der Waals surface area contributed by atoms with E-state index >= 15 is 0 Å². The molecule has 0 aromatic heterocycles. The van der Waals surface area contributed by atoms with E-state index in [1.165, 1.54) is 0 Å². The molecule has 2 aromatic rings. The summed E-state index contributed by atoms with van der Waals surface area (Å²) in [6.45, 7) is 0. The van der Waals surface area contributed by atoms with Crippen molar-refractivity contribution >= 4 is 28.0 Å². The average Bonchev–Trinajstić information content (AvgIpc) is 2.33. The molecule has 0 unspecified atom stereocenters. The number of amides is 1. The van der Waals surface area contributed by atoms with Crippen molar-refractivity contribution in [3.05, 3.63) is 53.0 Å². The van der Waals surface area contributed by atoms with Crippen molar-refractivity contribution in [1.82, 2.24) is 0 Å². The minimum Gasteiger partial charge on any atom is -0.328 e. The molecule has 2 aromatic carbocycles. The van der Waals surface area contributed by atoms with Crippen molar-refractivity contribution in [3.8, 4) is 11.1 Å². The molecule has 1 amide bonds. The third-order valence-electron chi connectivity index (χ3n) is 2.28. The molecule has 0 fully saturated rings. The van der Waals surface area contributed by atoms with E-state index in [0.29, 0.717) is 6.41 Å². The smallest absolute Gasteiger partial charge is 0.211 e. The molecule has 2 nitrogen and oxygen atoms in total. The van der Waals surface area contributed by atoms with E-state index in [4.69, 9.17) is 0 Å². The van der Waals surface area contributed by atoms with Crippen LogP contribution < -0.4 is 5.32 Å². The van der Waals surface area contributed by atoms with Gasteiger partial charge in [0.2, 0.25) is 6.41 Å². The number of carbonyl (C=O) groups excluding carboxylic acids is 1. The molecule has 3 heteroatoms. The highest BCUT2D eigenvalue weighted by Gasteiger charge is 2.04. The molecule has 0 saturated heterocycles. The van der Waals surface area contributed by atoms with Crippen LogP contribution in [0.4, 0.5) is 5.69 Å². The number of benzene rings is 2. The predicted octanol–water partition coefficient (Wildman–Crippen LogP) is 3.68. The first-order chi connectivity index (χ1) is 7.81. The number of halogens is 1. The Hall–Kier alpha value is -1.61. The Balaban J connectivity index is 2.53. The summed E-state index contributed by atoms with van der Waals surface area (Å²) < 4.78 is 0.989. The van der Waals surface area contributed by atoms with Crippen molar-refractivity contribution < 1.29 is 4.79 Å². The Morgan fingerprint density at radius 1 is 1.06 bits per heavy atom. The van der Waals surface area contributed by atoms with Gasteiger partial charge in [-0.05, 0) is 23.8 Å². The molecular formula is C13H10BrNO. The first kappa shape index (κ1) is 10.9. The van der Waals surface area contributed by atoms with Crippen molar-refractivity contribution in [2.75, 3.05) is 5.32 Å². The summed E-state index contributed by atoms with van der Waals surface area (Å²) in [6, 6.07) is 15.7. The number of hydrogen-bond donors (Lipinski definition) is 1. The number of anilines is 1. The normalized spacial score (nSPS) is 9.81. The lowest BCUT2D eigenvalue weighted by molar-refractivity contribution is -0.105. The summed E-state index contributed by atoms with van der Waals surface area (Å²) in [4.78, 5) is 10.5. The summed E-state index contributed by atoms with van der Waals surface area (Å²) in [5, 5.41) is 2.70. The molecule has 0 saturated carbocycles. The quantitative estimate of drug-likeness (QED) is 0.851. The molecule has 0 spiro atoms. The maximum Gasteiger partial charge on any atom is 0.211 e. The van der Waals surface area contributed by atoms with Crippen LogP contribution in [0.25, 0.3) is 11.1 Å². The molecule has 0 bridgehead atoms. The van der Waals surface area contributed by atoms with Crippen molar-refractivity contribution in [3.63, 3.8) is 0 Å². The molecule has 0 radical (unpaired) electrons. The molecule has 2 rings (SSSR count). The van der Waals surface area contributed by atoms with Gasteiger partial charge in [0.25, 0.3) is 0 Å². The van der Waals surface area contributed by atoms with Gasteiger partial charge < -0.3 is 5.32 Å². The van der Waals surface area contributed by atoms with Gasteiger partial charge in [-0.15, -0.1) is 0 Å². The van der Waals surface area contributed by atoms with Gasteiger partial charge in [0.1, 0.15) is 0 Å². The Morgan fingerprint density at radius 3 is 2.50 bits per heavy atom. The minimum atomic E-state index is 0.690. The highest BCUT2D eigenvalue weighted by atomic mass is 79.9. The first-order valence-corrected chi connectivity index (χ1v) is 5.66. The van der Waals surface area contributed by atoms with Crippen LogP contribution in [0.1, 0.15) is 0 Å². The van der Waals surface area contributed by atoms with Gasteiger partial charge in [0.05, 0.1) is 0 Å². The zero-order valence-corrected chi connectivity index (χ0v) is 10.1. The Bertz CT molecular complexity index is 497. The molecule has 0 aliphatic heterocycles. The molecule has 0 atom stereocenters. The van der Waals surface area contributed by atoms with Crippen LogP contribution in [0.15, 0.2) is 53.0 Å². The second-order valence-corrected chi connectivity index (χ2v) is 4.23. The van der Waals surface area contributed by atoms with Gasteiger partial charge in [-0.1, -0.05) is 46.3 Å². The van der Waals surface area contributed by atoms with Gasteiger partial charge in [-0.25, -0.2) is 0 Å². The van der Waals surface area contributed by atoms with E-state index in [1.54, 1.807) is 0 Å². The van der Waals surface area contributed by atoms with E-state index in [0.717, 1.165) is 21.3 Å². The highest BCUT2D eigenvalue weighted by molar-refractivity contribution is 9.10. The molecular weight excluding hydrogens is 266 g/mol. The van der Waals surface area contributed by atoms with E-state index < -0.39 is 0 Å². The summed E-state index contributed by atoms with van der Waals surface area (Å²) in [5.74, 6) is 0. The summed E-state index contributed by atoms with van der Waals surface area (Å²) in [7, 11) is 0. The van der Waals surface area contributed by atoms with Crippen LogP contribution in [0.5, 0.6) is 0 Å². The zero-order valence-electron chi connectivity index (χ0n) is 8.48. The van der Waals surface area contributed by atoms with Crippen molar-refractivity contribution in [2.24, 2.45) is 0 Å². The fourth-order valence-corrected chi connectivity index (χ4v) is 1.92. The second kappa shape index (κ2) is 4.94. The molecule has 80 valence electrons. The van der Waals surface area contributed by atoms with Crippen LogP contribution in [0, 0.1) is 0 Å². The summed E-state index contributed by atoms with van der Waals surface area (Å²) in [5.41, 5.74) is 2.89. The lowest BCUT2D eigenvalue weighted by Crippen LogP contribution is -1.96. The van der Waals surface area contributed by atoms with Gasteiger partial charge in [0.15, 0.2) is 0 Å². The van der Waals surface area contributed by atoms with E-state index in [1.807, 2.05) is 48.5 Å². The number of hydrogen-bond acceptors (Lipinski definition) is 1. The number of nitrogens with one attached hydrogen (secondary N) is 1. The average molecular weight is 276 g/mol. The summed E-state index contributed by atoms with van der Waals surface area (Å²) >= 11 is 3.43. The van der Waals surface area contributed by atoms with Gasteiger partial charge in [-0.2, -0.15) is 0 Å². The van der Waals surface area contributed by atoms with Crippen molar-refractivity contribution in [1.29, 1.82) is 0 Å². The van der Waals surface area contributed by atoms with Crippen LogP contribution in [0.3, 0.4) is 0 Å². The van der Waals surface area contributed by atoms with Crippen molar-refractivity contribution in [2.45, 2.75) is 0 Å². The Labute approximate surface area is 102 Å².